The van der Waals surface area contributed by atoms with E-state index in [2.05, 4.69) is 10.3 Å². The van der Waals surface area contributed by atoms with Gasteiger partial charge in [-0.15, -0.1) is 23.7 Å². The number of halogens is 1. The quantitative estimate of drug-likeness (QED) is 0.873. The lowest BCUT2D eigenvalue weighted by Gasteiger charge is -2.09. The Morgan fingerprint density at radius 2 is 2.26 bits per heavy atom. The van der Waals surface area contributed by atoms with Gasteiger partial charge in [-0.2, -0.15) is 0 Å². The number of rotatable bonds is 5. The summed E-state index contributed by atoms with van der Waals surface area (Å²) in [6.07, 6.45) is 0. The molecule has 0 bridgehead atoms. The Kier molecular flexibility index (Phi) is 6.17. The van der Waals surface area contributed by atoms with E-state index < -0.39 is 6.04 Å². The second kappa shape index (κ2) is 7.40. The minimum Gasteiger partial charge on any atom is -0.383 e. The molecular weight excluding hydrogens is 286 g/mol. The van der Waals surface area contributed by atoms with Gasteiger partial charge in [-0.05, 0) is 12.1 Å². The van der Waals surface area contributed by atoms with E-state index in [0.717, 1.165) is 15.2 Å². The van der Waals surface area contributed by atoms with E-state index in [9.17, 15) is 4.79 Å². The number of hydrogen-bond acceptors (Lipinski definition) is 5. The van der Waals surface area contributed by atoms with E-state index in [-0.39, 0.29) is 24.9 Å². The molecule has 2 aromatic rings. The molecule has 7 heteroatoms. The molecular formula is C12H16ClN3O2S. The number of benzene rings is 1. The number of carbonyl (C=O) groups is 1. The lowest BCUT2D eigenvalue weighted by Crippen LogP contribution is -2.43. The van der Waals surface area contributed by atoms with Gasteiger partial charge >= 0.3 is 0 Å². The third-order valence-electron chi connectivity index (χ3n) is 2.44. The molecule has 1 aromatic carbocycles. The van der Waals surface area contributed by atoms with Crippen LogP contribution in [0.1, 0.15) is 5.01 Å². The van der Waals surface area contributed by atoms with Crippen molar-refractivity contribution in [2.75, 3.05) is 13.7 Å². The highest BCUT2D eigenvalue weighted by Gasteiger charge is 2.13. The molecule has 0 aliphatic carbocycles. The minimum atomic E-state index is -0.635. The predicted molar refractivity (Wildman–Crippen MR) is 78.6 cm³/mol. The molecule has 3 N–H and O–H groups in total. The molecule has 1 unspecified atom stereocenters. The van der Waals surface area contributed by atoms with Crippen molar-refractivity contribution in [2.45, 2.75) is 12.6 Å². The Balaban J connectivity index is 0.00000180. The number of para-hydroxylation sites is 1. The maximum absolute atomic E-state index is 11.6. The fraction of sp³-hybridized carbons (Fsp3) is 0.333. The highest BCUT2D eigenvalue weighted by atomic mass is 35.5. The second-order valence-corrected chi connectivity index (χ2v) is 4.97. The number of nitrogens with one attached hydrogen (secondary N) is 1. The molecule has 1 atom stereocenters. The molecule has 1 aromatic heterocycles. The molecule has 0 aliphatic rings. The molecule has 0 spiro atoms. The molecule has 0 saturated carbocycles. The number of nitrogens with zero attached hydrogens (tertiary/aromatic N) is 1. The van der Waals surface area contributed by atoms with Crippen LogP contribution in [-0.4, -0.2) is 30.6 Å². The van der Waals surface area contributed by atoms with Crippen molar-refractivity contribution in [3.8, 4) is 0 Å². The first-order valence-electron chi connectivity index (χ1n) is 5.57. The second-order valence-electron chi connectivity index (χ2n) is 3.85. The predicted octanol–water partition coefficient (Wildman–Crippen LogP) is 1.31. The summed E-state index contributed by atoms with van der Waals surface area (Å²) in [7, 11) is 1.51. The summed E-state index contributed by atoms with van der Waals surface area (Å²) in [5, 5.41) is 3.62. The van der Waals surface area contributed by atoms with Gasteiger partial charge in [-0.25, -0.2) is 4.98 Å². The molecule has 0 saturated heterocycles. The molecule has 0 fully saturated rings. The Hall–Kier alpha value is -1.21. The van der Waals surface area contributed by atoms with Crippen LogP contribution < -0.4 is 11.1 Å². The third kappa shape index (κ3) is 4.14. The average Bonchev–Trinajstić information content (AvgIpc) is 2.78. The SMILES string of the molecule is COCC(N)C(=O)NCc1nc2ccccc2s1.Cl. The molecule has 0 aliphatic heterocycles. The summed E-state index contributed by atoms with van der Waals surface area (Å²) in [5.74, 6) is -0.226. The molecule has 19 heavy (non-hydrogen) atoms. The number of methoxy groups -OCH3 is 1. The summed E-state index contributed by atoms with van der Waals surface area (Å²) in [5.41, 5.74) is 6.56. The Morgan fingerprint density at radius 1 is 1.53 bits per heavy atom. The van der Waals surface area contributed by atoms with Crippen molar-refractivity contribution >= 4 is 39.9 Å². The van der Waals surface area contributed by atoms with Gasteiger partial charge in [0, 0.05) is 7.11 Å². The number of hydrogen-bond donors (Lipinski definition) is 2. The fourth-order valence-corrected chi connectivity index (χ4v) is 2.45. The number of fused-ring (bicyclic) bond motifs is 1. The van der Waals surface area contributed by atoms with Gasteiger partial charge in [-0.1, -0.05) is 12.1 Å². The van der Waals surface area contributed by atoms with Crippen LogP contribution in [0.25, 0.3) is 10.2 Å². The Labute approximate surface area is 121 Å². The topological polar surface area (TPSA) is 77.2 Å². The number of ether oxygens (including phenoxy) is 1. The van der Waals surface area contributed by atoms with Gasteiger partial charge in [0.1, 0.15) is 11.0 Å². The summed E-state index contributed by atoms with van der Waals surface area (Å²) in [4.78, 5) is 16.0. The first-order chi connectivity index (χ1) is 8.70. The van der Waals surface area contributed by atoms with E-state index >= 15 is 0 Å². The van der Waals surface area contributed by atoms with Gasteiger partial charge in [0.05, 0.1) is 23.4 Å². The first-order valence-corrected chi connectivity index (χ1v) is 6.39. The molecule has 0 radical (unpaired) electrons. The van der Waals surface area contributed by atoms with E-state index in [1.165, 1.54) is 7.11 Å². The van der Waals surface area contributed by atoms with Gasteiger partial charge in [0.25, 0.3) is 0 Å². The normalized spacial score (nSPS) is 11.9. The van der Waals surface area contributed by atoms with Crippen LogP contribution in [0.2, 0.25) is 0 Å². The number of carbonyl (C=O) groups excluding carboxylic acids is 1. The zero-order chi connectivity index (χ0) is 13.0. The largest absolute Gasteiger partial charge is 0.383 e. The minimum absolute atomic E-state index is 0. The number of nitrogens with two attached hydrogens (primary N) is 1. The van der Waals surface area contributed by atoms with Crippen LogP contribution in [-0.2, 0) is 16.1 Å². The van der Waals surface area contributed by atoms with Gasteiger partial charge in [0.15, 0.2) is 0 Å². The summed E-state index contributed by atoms with van der Waals surface area (Å²) < 4.78 is 5.94. The van der Waals surface area contributed by atoms with Crippen LogP contribution in [0.3, 0.4) is 0 Å². The standard InChI is InChI=1S/C12H15N3O2S.ClH/c1-17-7-8(13)12(16)14-6-11-15-9-4-2-3-5-10(9)18-11;/h2-5,8H,6-7,13H2,1H3,(H,14,16);1H. The van der Waals surface area contributed by atoms with Crippen molar-refractivity contribution in [3.05, 3.63) is 29.3 Å². The zero-order valence-corrected chi connectivity index (χ0v) is 12.1. The molecule has 1 amide bonds. The van der Waals surface area contributed by atoms with Gasteiger partial charge in [-0.3, -0.25) is 4.79 Å². The molecule has 2 rings (SSSR count). The van der Waals surface area contributed by atoms with Crippen molar-refractivity contribution in [3.63, 3.8) is 0 Å². The third-order valence-corrected chi connectivity index (χ3v) is 3.47. The highest BCUT2D eigenvalue weighted by Crippen LogP contribution is 2.21. The number of aromatic nitrogens is 1. The smallest absolute Gasteiger partial charge is 0.239 e. The molecule has 104 valence electrons. The van der Waals surface area contributed by atoms with Gasteiger partial charge in [0.2, 0.25) is 5.91 Å². The lowest BCUT2D eigenvalue weighted by molar-refractivity contribution is -0.123. The van der Waals surface area contributed by atoms with Crippen LogP contribution in [0, 0.1) is 0 Å². The monoisotopic (exact) mass is 301 g/mol. The van der Waals surface area contributed by atoms with E-state index in [0.29, 0.717) is 6.54 Å². The Bertz CT molecular complexity index is 514. The van der Waals surface area contributed by atoms with Crippen LogP contribution in [0.4, 0.5) is 0 Å². The lowest BCUT2D eigenvalue weighted by atomic mass is 10.3. The fourth-order valence-electron chi connectivity index (χ4n) is 1.54. The van der Waals surface area contributed by atoms with Crippen LogP contribution in [0.15, 0.2) is 24.3 Å². The summed E-state index contributed by atoms with van der Waals surface area (Å²) >= 11 is 1.57. The Morgan fingerprint density at radius 3 is 2.95 bits per heavy atom. The van der Waals surface area contributed by atoms with Crippen molar-refractivity contribution in [2.24, 2.45) is 5.73 Å². The summed E-state index contributed by atoms with van der Waals surface area (Å²) in [6, 6.07) is 7.24. The van der Waals surface area contributed by atoms with E-state index in [4.69, 9.17) is 10.5 Å². The van der Waals surface area contributed by atoms with Gasteiger partial charge < -0.3 is 15.8 Å². The van der Waals surface area contributed by atoms with Crippen molar-refractivity contribution in [1.29, 1.82) is 0 Å². The maximum atomic E-state index is 11.6. The van der Waals surface area contributed by atoms with E-state index in [1.807, 2.05) is 24.3 Å². The molecule has 5 nitrogen and oxygen atoms in total. The van der Waals surface area contributed by atoms with Crippen LogP contribution in [0.5, 0.6) is 0 Å². The number of thiazole rings is 1. The first kappa shape index (κ1) is 15.8. The molecule has 1 heterocycles. The highest BCUT2D eigenvalue weighted by molar-refractivity contribution is 7.18. The number of amides is 1. The van der Waals surface area contributed by atoms with Crippen molar-refractivity contribution < 1.29 is 9.53 Å². The van der Waals surface area contributed by atoms with Crippen LogP contribution >= 0.6 is 23.7 Å². The maximum Gasteiger partial charge on any atom is 0.239 e. The summed E-state index contributed by atoms with van der Waals surface area (Å²) in [6.45, 7) is 0.612. The average molecular weight is 302 g/mol. The van der Waals surface area contributed by atoms with E-state index in [1.54, 1.807) is 11.3 Å². The van der Waals surface area contributed by atoms with Crippen molar-refractivity contribution in [1.82, 2.24) is 10.3 Å². The zero-order valence-electron chi connectivity index (χ0n) is 10.5.